The molecule has 1 saturated heterocycles. The lowest BCUT2D eigenvalue weighted by atomic mass is 9.44. The second-order valence-electron chi connectivity index (χ2n) is 15.9. The molecule has 4 aliphatic rings. The fraction of sp³-hybridized carbons (Fsp3) is 0.585. The van der Waals surface area contributed by atoms with E-state index in [0.29, 0.717) is 12.0 Å². The highest BCUT2D eigenvalue weighted by molar-refractivity contribution is 5.93. The molecule has 5 rings (SSSR count). The van der Waals surface area contributed by atoms with E-state index in [2.05, 4.69) is 18.5 Å². The Morgan fingerprint density at radius 3 is 2.25 bits per heavy atom. The molecule has 14 heteroatoms. The third-order valence-corrected chi connectivity index (χ3v) is 12.4. The van der Waals surface area contributed by atoms with Gasteiger partial charge in [0.25, 0.3) is 0 Å². The topological polar surface area (TPSA) is 215 Å². The number of ketones is 1. The van der Waals surface area contributed by atoms with Crippen LogP contribution >= 0.6 is 0 Å². The molecule has 300 valence electrons. The fourth-order valence-corrected chi connectivity index (χ4v) is 9.27. The van der Waals surface area contributed by atoms with Gasteiger partial charge in [-0.05, 0) is 43.4 Å². The van der Waals surface area contributed by atoms with E-state index < -0.39 is 107 Å². The van der Waals surface area contributed by atoms with Crippen molar-refractivity contribution in [3.05, 3.63) is 72.4 Å². The Balaban J connectivity index is 1.65. The van der Waals surface area contributed by atoms with E-state index in [1.54, 1.807) is 50.3 Å². The zero-order chi connectivity index (χ0) is 40.7. The highest BCUT2D eigenvalue weighted by Gasteiger charge is 2.78. The predicted octanol–water partition coefficient (Wildman–Crippen LogP) is 2.47. The van der Waals surface area contributed by atoms with E-state index in [4.69, 9.17) is 18.9 Å². The van der Waals surface area contributed by atoms with Gasteiger partial charge in [0.15, 0.2) is 17.5 Å². The van der Waals surface area contributed by atoms with Crippen LogP contribution in [0.15, 0.2) is 66.8 Å². The van der Waals surface area contributed by atoms with Crippen LogP contribution in [0.3, 0.4) is 0 Å². The number of hydrogen-bond donors (Lipinski definition) is 5. The molecule has 3 fully saturated rings. The van der Waals surface area contributed by atoms with Gasteiger partial charge < -0.3 is 44.7 Å². The molecule has 1 aromatic carbocycles. The number of rotatable bonds is 13. The zero-order valence-corrected chi connectivity index (χ0v) is 32.0. The normalized spacial score (nSPS) is 34.5. The molecule has 0 unspecified atom stereocenters. The van der Waals surface area contributed by atoms with Crippen molar-refractivity contribution in [1.29, 1.82) is 0 Å². The number of fused-ring (bicyclic) bond motifs is 5. The summed E-state index contributed by atoms with van der Waals surface area (Å²) in [4.78, 5) is 67.9. The van der Waals surface area contributed by atoms with Crippen LogP contribution in [-0.2, 0) is 42.9 Å². The maximum atomic E-state index is 14.8. The van der Waals surface area contributed by atoms with E-state index in [1.165, 1.54) is 19.9 Å². The summed E-state index contributed by atoms with van der Waals surface area (Å²) >= 11 is 0. The standard InChI is InChI=1S/C41H53NO13/c1-8-10-17-28(45)42-31(24-15-13-12-14-16-24)33(48)37(50)53-25-20-41(51)36(54-29(46)18-11-9-2)34-39(7,35(49)32(47)30(22(25)3)38(41,5)6)26(44)19-27-40(34,21-52-27)55-23(4)43/h8-9,12-16,25-27,31-34,36,44,47-48,51H,1-2,10-11,17-21H2,3-7H3,(H,42,45)/t25-,26-,27+,31-,32+,33+,34-,36-,39+,40-,41+/m0/s1. The molecule has 11 atom stereocenters. The van der Waals surface area contributed by atoms with Gasteiger partial charge in [0.05, 0.1) is 30.1 Å². The summed E-state index contributed by atoms with van der Waals surface area (Å²) in [5.74, 6) is -5.57. The SMILES string of the molecule is C=CCCC(=O)N[C@@H](c1ccccc1)[C@@H](O)C(=O)O[C@H]1C[C@@]2(O)[C@@H](OC(=O)CCC=C)[C@@H]3[C@]4(OC(C)=O)CO[C@@H]4C[C@H](O)[C@@]3(C)C(=O)[C@H](O)C(=C1C)C2(C)C. The number of carbonyl (C=O) groups excluding carboxylic acids is 5. The predicted molar refractivity (Wildman–Crippen MR) is 195 cm³/mol. The molecule has 1 aliphatic heterocycles. The second kappa shape index (κ2) is 15.7. The summed E-state index contributed by atoms with van der Waals surface area (Å²) in [7, 11) is 0. The maximum absolute atomic E-state index is 14.8. The molecule has 0 radical (unpaired) electrons. The quantitative estimate of drug-likeness (QED) is 0.111. The number of esters is 3. The van der Waals surface area contributed by atoms with Crippen LogP contribution in [0, 0.1) is 16.7 Å². The number of benzene rings is 1. The van der Waals surface area contributed by atoms with Crippen molar-refractivity contribution in [2.75, 3.05) is 6.61 Å². The van der Waals surface area contributed by atoms with Crippen LogP contribution in [0.5, 0.6) is 0 Å². The Hall–Kier alpha value is -4.21. The summed E-state index contributed by atoms with van der Waals surface area (Å²) in [6.07, 6.45) is -6.74. The van der Waals surface area contributed by atoms with Gasteiger partial charge in [-0.25, -0.2) is 4.79 Å². The van der Waals surface area contributed by atoms with Crippen LogP contribution < -0.4 is 5.32 Å². The Bertz CT molecular complexity index is 1740. The molecular formula is C41H53NO13. The molecule has 2 saturated carbocycles. The summed E-state index contributed by atoms with van der Waals surface area (Å²) in [5, 5.41) is 51.3. The Labute approximate surface area is 320 Å². The van der Waals surface area contributed by atoms with Gasteiger partial charge >= 0.3 is 17.9 Å². The van der Waals surface area contributed by atoms with E-state index in [-0.39, 0.29) is 43.4 Å². The zero-order valence-electron chi connectivity index (χ0n) is 32.0. The molecular weight excluding hydrogens is 714 g/mol. The number of aliphatic hydroxyl groups is 4. The van der Waals surface area contributed by atoms with Crippen LogP contribution in [-0.4, -0.2) is 104 Å². The first-order valence-corrected chi connectivity index (χ1v) is 18.6. The number of aliphatic hydroxyl groups excluding tert-OH is 3. The number of allylic oxidation sites excluding steroid dienone is 2. The lowest BCUT2D eigenvalue weighted by Gasteiger charge is -2.67. The number of hydrogen-bond acceptors (Lipinski definition) is 13. The van der Waals surface area contributed by atoms with E-state index >= 15 is 0 Å². The van der Waals surface area contributed by atoms with E-state index in [1.807, 2.05) is 0 Å². The van der Waals surface area contributed by atoms with Gasteiger partial charge in [-0.1, -0.05) is 56.3 Å². The van der Waals surface area contributed by atoms with Crippen molar-refractivity contribution in [3.63, 3.8) is 0 Å². The molecule has 1 aromatic rings. The number of ether oxygens (including phenoxy) is 4. The van der Waals surface area contributed by atoms with E-state index in [0.717, 1.165) is 6.92 Å². The smallest absolute Gasteiger partial charge is 0.338 e. The van der Waals surface area contributed by atoms with Crippen molar-refractivity contribution < 1.29 is 63.3 Å². The molecule has 5 N–H and O–H groups in total. The summed E-state index contributed by atoms with van der Waals surface area (Å²) < 4.78 is 23.9. The van der Waals surface area contributed by atoms with Gasteiger partial charge in [0.1, 0.15) is 30.0 Å². The highest BCUT2D eigenvalue weighted by atomic mass is 16.6. The maximum Gasteiger partial charge on any atom is 0.338 e. The third-order valence-electron chi connectivity index (χ3n) is 12.4. The minimum atomic E-state index is -2.29. The second-order valence-corrected chi connectivity index (χ2v) is 15.9. The first kappa shape index (κ1) is 41.9. The van der Waals surface area contributed by atoms with Crippen LogP contribution in [0.2, 0.25) is 0 Å². The summed E-state index contributed by atoms with van der Waals surface area (Å²) in [6, 6.07) is 7.05. The number of carbonyl (C=O) groups is 5. The minimum Gasteiger partial charge on any atom is -0.459 e. The molecule has 0 aromatic heterocycles. The van der Waals surface area contributed by atoms with Crippen LogP contribution in [0.1, 0.15) is 84.7 Å². The lowest BCUT2D eigenvalue weighted by Crippen LogP contribution is -2.81. The van der Waals surface area contributed by atoms with Crippen molar-refractivity contribution in [2.45, 2.75) is 127 Å². The summed E-state index contributed by atoms with van der Waals surface area (Å²) in [5.41, 5.74) is -7.00. The number of nitrogens with one attached hydrogen (secondary N) is 1. The third kappa shape index (κ3) is 7.07. The Morgan fingerprint density at radius 1 is 1.04 bits per heavy atom. The fourth-order valence-electron chi connectivity index (χ4n) is 9.27. The molecule has 0 spiro atoms. The first-order chi connectivity index (χ1) is 25.8. The highest BCUT2D eigenvalue weighted by Crippen LogP contribution is 2.64. The number of Topliss-reactive ketones (excluding diaryl/α,β-unsaturated/α-hetero) is 1. The Kier molecular flexibility index (Phi) is 12.0. The van der Waals surface area contributed by atoms with Gasteiger partial charge in [0, 0.05) is 38.0 Å². The van der Waals surface area contributed by atoms with Gasteiger partial charge in [0.2, 0.25) is 5.91 Å². The number of amides is 1. The average Bonchev–Trinajstić information content (AvgIpc) is 3.13. The van der Waals surface area contributed by atoms with Crippen molar-refractivity contribution >= 4 is 29.6 Å². The Morgan fingerprint density at radius 2 is 1.67 bits per heavy atom. The molecule has 55 heavy (non-hydrogen) atoms. The van der Waals surface area contributed by atoms with E-state index in [9.17, 15) is 44.4 Å². The molecule has 1 amide bonds. The monoisotopic (exact) mass is 767 g/mol. The average molecular weight is 768 g/mol. The van der Waals surface area contributed by atoms with Crippen LogP contribution in [0.25, 0.3) is 0 Å². The van der Waals surface area contributed by atoms with Crippen molar-refractivity contribution in [3.8, 4) is 0 Å². The molecule has 14 nitrogen and oxygen atoms in total. The summed E-state index contributed by atoms with van der Waals surface area (Å²) in [6.45, 7) is 14.2. The van der Waals surface area contributed by atoms with Gasteiger partial charge in [-0.15, -0.1) is 13.2 Å². The van der Waals surface area contributed by atoms with Crippen molar-refractivity contribution in [2.24, 2.45) is 16.7 Å². The van der Waals surface area contributed by atoms with Crippen LogP contribution in [0.4, 0.5) is 0 Å². The van der Waals surface area contributed by atoms with Gasteiger partial charge in [-0.2, -0.15) is 0 Å². The minimum absolute atomic E-state index is 0.0385. The van der Waals surface area contributed by atoms with Gasteiger partial charge in [-0.3, -0.25) is 19.2 Å². The first-order valence-electron chi connectivity index (χ1n) is 18.6. The lowest BCUT2D eigenvalue weighted by molar-refractivity contribution is -0.347. The molecule has 2 bridgehead atoms. The molecule has 3 aliphatic carbocycles. The molecule has 1 heterocycles. The van der Waals surface area contributed by atoms with Crippen molar-refractivity contribution in [1.82, 2.24) is 5.32 Å². The largest absolute Gasteiger partial charge is 0.459 e.